The van der Waals surface area contributed by atoms with Crippen LogP contribution in [-0.4, -0.2) is 7.11 Å². The highest BCUT2D eigenvalue weighted by molar-refractivity contribution is 7.80. The van der Waals surface area contributed by atoms with Crippen molar-refractivity contribution < 1.29 is 9.15 Å². The van der Waals surface area contributed by atoms with Crippen molar-refractivity contribution in [2.75, 3.05) is 7.11 Å². The van der Waals surface area contributed by atoms with E-state index in [2.05, 4.69) is 12.6 Å². The van der Waals surface area contributed by atoms with Gasteiger partial charge in [-0.15, -0.1) is 12.6 Å². The molecule has 0 radical (unpaired) electrons. The number of hydrogen-bond acceptors (Lipinski definition) is 4. The van der Waals surface area contributed by atoms with Gasteiger partial charge in [-0.25, -0.2) is 0 Å². The molecule has 0 fully saturated rings. The van der Waals surface area contributed by atoms with Gasteiger partial charge in [0.15, 0.2) is 5.76 Å². The fraction of sp³-hybridized carbons (Fsp3) is 0.0625. The molecular formula is C16H12O3S. The number of para-hydroxylation sites is 1. The van der Waals surface area contributed by atoms with Gasteiger partial charge in [0.05, 0.1) is 17.4 Å². The molecule has 2 aromatic carbocycles. The Morgan fingerprint density at radius 1 is 1.05 bits per heavy atom. The first-order valence-electron chi connectivity index (χ1n) is 6.10. The van der Waals surface area contributed by atoms with Gasteiger partial charge in [-0.2, -0.15) is 0 Å². The molecule has 0 N–H and O–H groups in total. The largest absolute Gasteiger partial charge is 0.497 e. The summed E-state index contributed by atoms with van der Waals surface area (Å²) in [4.78, 5) is 12.6. The number of rotatable bonds is 2. The molecule has 20 heavy (non-hydrogen) atoms. The van der Waals surface area contributed by atoms with Gasteiger partial charge in [-0.1, -0.05) is 12.1 Å². The molecule has 0 amide bonds. The number of thiol groups is 1. The zero-order chi connectivity index (χ0) is 14.1. The third kappa shape index (κ3) is 2.08. The van der Waals surface area contributed by atoms with Crippen LogP contribution in [0.15, 0.2) is 62.6 Å². The molecule has 0 saturated carbocycles. The molecule has 0 saturated heterocycles. The average Bonchev–Trinajstić information content (AvgIpc) is 2.51. The summed E-state index contributed by atoms with van der Waals surface area (Å²) < 4.78 is 10.9. The fourth-order valence-corrected chi connectivity index (χ4v) is 2.37. The lowest BCUT2D eigenvalue weighted by Gasteiger charge is -2.07. The summed E-state index contributed by atoms with van der Waals surface area (Å²) in [5.41, 5.74) is 1.22. The monoisotopic (exact) mass is 284 g/mol. The maximum absolute atomic E-state index is 12.3. The zero-order valence-corrected chi connectivity index (χ0v) is 11.7. The fourth-order valence-electron chi connectivity index (χ4n) is 2.07. The number of fused-ring (bicyclic) bond motifs is 1. The Balaban J connectivity index is 2.25. The quantitative estimate of drug-likeness (QED) is 0.728. The molecule has 0 aliphatic carbocycles. The second-order valence-corrected chi connectivity index (χ2v) is 4.78. The molecule has 0 aliphatic rings. The van der Waals surface area contributed by atoms with Crippen molar-refractivity contribution in [2.45, 2.75) is 4.90 Å². The summed E-state index contributed by atoms with van der Waals surface area (Å²) >= 11 is 4.31. The minimum absolute atomic E-state index is 0.124. The minimum Gasteiger partial charge on any atom is -0.497 e. The van der Waals surface area contributed by atoms with Crippen LogP contribution >= 0.6 is 12.6 Å². The molecule has 1 aromatic heterocycles. The van der Waals surface area contributed by atoms with Crippen LogP contribution in [0.2, 0.25) is 0 Å². The summed E-state index contributed by atoms with van der Waals surface area (Å²) in [7, 11) is 1.61. The normalized spacial score (nSPS) is 10.7. The molecule has 0 atom stereocenters. The van der Waals surface area contributed by atoms with E-state index < -0.39 is 0 Å². The van der Waals surface area contributed by atoms with E-state index in [0.29, 0.717) is 21.6 Å². The molecule has 3 nitrogen and oxygen atoms in total. The topological polar surface area (TPSA) is 39.4 Å². The van der Waals surface area contributed by atoms with Crippen LogP contribution in [0.25, 0.3) is 22.3 Å². The predicted molar refractivity (Wildman–Crippen MR) is 81.7 cm³/mol. The first kappa shape index (κ1) is 12.8. The Bertz CT molecular complexity index is 819. The lowest BCUT2D eigenvalue weighted by atomic mass is 10.1. The van der Waals surface area contributed by atoms with Crippen molar-refractivity contribution in [2.24, 2.45) is 0 Å². The number of methoxy groups -OCH3 is 1. The van der Waals surface area contributed by atoms with Gasteiger partial charge in [0.25, 0.3) is 0 Å². The molecule has 3 rings (SSSR count). The summed E-state index contributed by atoms with van der Waals surface area (Å²) in [5, 5.41) is 0.537. The first-order chi connectivity index (χ1) is 9.70. The summed E-state index contributed by atoms with van der Waals surface area (Å²) in [6.07, 6.45) is 0. The maximum atomic E-state index is 12.3. The SMILES string of the molecule is COc1ccc(-c2oc3ccccc3c(=O)c2S)cc1. The predicted octanol–water partition coefficient (Wildman–Crippen LogP) is 3.76. The molecule has 0 aliphatic heterocycles. The molecule has 4 heteroatoms. The van der Waals surface area contributed by atoms with E-state index in [1.807, 2.05) is 30.3 Å². The van der Waals surface area contributed by atoms with Gasteiger partial charge in [0.1, 0.15) is 11.3 Å². The van der Waals surface area contributed by atoms with E-state index in [0.717, 1.165) is 11.3 Å². The number of benzene rings is 2. The lowest BCUT2D eigenvalue weighted by molar-refractivity contribution is 0.415. The van der Waals surface area contributed by atoms with E-state index >= 15 is 0 Å². The van der Waals surface area contributed by atoms with E-state index in [1.165, 1.54) is 0 Å². The molecule has 100 valence electrons. The van der Waals surface area contributed by atoms with Crippen LogP contribution in [0.1, 0.15) is 0 Å². The minimum atomic E-state index is -0.124. The van der Waals surface area contributed by atoms with Crippen LogP contribution in [0.4, 0.5) is 0 Å². The van der Waals surface area contributed by atoms with E-state index in [9.17, 15) is 4.79 Å². The third-order valence-corrected chi connectivity index (χ3v) is 3.53. The van der Waals surface area contributed by atoms with E-state index in [4.69, 9.17) is 9.15 Å². The van der Waals surface area contributed by atoms with Crippen molar-refractivity contribution in [3.63, 3.8) is 0 Å². The summed E-state index contributed by atoms with van der Waals surface area (Å²) in [6, 6.07) is 14.5. The average molecular weight is 284 g/mol. The molecule has 1 heterocycles. The van der Waals surface area contributed by atoms with Crippen molar-refractivity contribution >= 4 is 23.6 Å². The second kappa shape index (κ2) is 5.06. The van der Waals surface area contributed by atoms with Gasteiger partial charge in [0.2, 0.25) is 5.43 Å². The van der Waals surface area contributed by atoms with Crippen molar-refractivity contribution in [3.8, 4) is 17.1 Å². The Morgan fingerprint density at radius 3 is 2.45 bits per heavy atom. The smallest absolute Gasteiger partial charge is 0.206 e. The third-order valence-electron chi connectivity index (χ3n) is 3.13. The van der Waals surface area contributed by atoms with Gasteiger partial charge in [-0.3, -0.25) is 4.79 Å². The highest BCUT2D eigenvalue weighted by atomic mass is 32.1. The number of hydrogen-bond donors (Lipinski definition) is 1. The van der Waals surface area contributed by atoms with Crippen molar-refractivity contribution in [1.29, 1.82) is 0 Å². The van der Waals surface area contributed by atoms with Crippen LogP contribution in [0, 0.1) is 0 Å². The standard InChI is InChI=1S/C16H12O3S/c1-18-11-8-6-10(7-9-11)15-16(20)14(17)12-4-2-3-5-13(12)19-15/h2-9,20H,1H3. The Labute approximate surface area is 121 Å². The van der Waals surface area contributed by atoms with E-state index in [-0.39, 0.29) is 5.43 Å². The lowest BCUT2D eigenvalue weighted by Crippen LogP contribution is -2.04. The summed E-state index contributed by atoms with van der Waals surface area (Å²) in [6.45, 7) is 0. The van der Waals surface area contributed by atoms with Gasteiger partial charge >= 0.3 is 0 Å². The molecular weight excluding hydrogens is 272 g/mol. The van der Waals surface area contributed by atoms with Crippen LogP contribution in [-0.2, 0) is 0 Å². The van der Waals surface area contributed by atoms with Gasteiger partial charge in [0, 0.05) is 5.56 Å². The van der Waals surface area contributed by atoms with Gasteiger partial charge in [-0.05, 0) is 36.4 Å². The Kier molecular flexibility index (Phi) is 3.24. The molecule has 3 aromatic rings. The Morgan fingerprint density at radius 2 is 1.75 bits per heavy atom. The first-order valence-corrected chi connectivity index (χ1v) is 6.54. The van der Waals surface area contributed by atoms with Crippen LogP contribution < -0.4 is 10.2 Å². The molecule has 0 spiro atoms. The van der Waals surface area contributed by atoms with Crippen LogP contribution in [0.5, 0.6) is 5.75 Å². The summed E-state index contributed by atoms with van der Waals surface area (Å²) in [5.74, 6) is 1.22. The maximum Gasteiger partial charge on any atom is 0.206 e. The number of ether oxygens (including phenoxy) is 1. The molecule has 0 unspecified atom stereocenters. The molecule has 0 bridgehead atoms. The Hall–Kier alpha value is -2.20. The zero-order valence-electron chi connectivity index (χ0n) is 10.8. The van der Waals surface area contributed by atoms with Crippen LogP contribution in [0.3, 0.4) is 0 Å². The van der Waals surface area contributed by atoms with E-state index in [1.54, 1.807) is 25.3 Å². The van der Waals surface area contributed by atoms with Gasteiger partial charge < -0.3 is 9.15 Å². The van der Waals surface area contributed by atoms with Crippen molar-refractivity contribution in [1.82, 2.24) is 0 Å². The van der Waals surface area contributed by atoms with Crippen molar-refractivity contribution in [3.05, 3.63) is 58.8 Å². The highest BCUT2D eigenvalue weighted by Gasteiger charge is 2.13. The highest BCUT2D eigenvalue weighted by Crippen LogP contribution is 2.29. The second-order valence-electron chi connectivity index (χ2n) is 4.33.